The van der Waals surface area contributed by atoms with E-state index in [0.717, 1.165) is 12.8 Å². The van der Waals surface area contributed by atoms with E-state index in [9.17, 15) is 0 Å². The highest BCUT2D eigenvalue weighted by atomic mass is 14.2. The van der Waals surface area contributed by atoms with Crippen LogP contribution in [0.2, 0.25) is 0 Å². The Bertz CT molecular complexity index is 1830. The fourth-order valence-corrected chi connectivity index (χ4v) is 5.87. The van der Waals surface area contributed by atoms with E-state index in [2.05, 4.69) is 133 Å². The molecule has 0 heteroatoms. The zero-order valence-electron chi connectivity index (χ0n) is 20.1. The lowest BCUT2D eigenvalue weighted by Crippen LogP contribution is -1.93. The van der Waals surface area contributed by atoms with Crippen molar-refractivity contribution in [3.05, 3.63) is 139 Å². The van der Waals surface area contributed by atoms with Gasteiger partial charge in [-0.25, -0.2) is 0 Å². The van der Waals surface area contributed by atoms with Gasteiger partial charge in [-0.3, -0.25) is 0 Å². The van der Waals surface area contributed by atoms with E-state index in [4.69, 9.17) is 0 Å². The molecule has 0 bridgehead atoms. The van der Waals surface area contributed by atoms with Gasteiger partial charge in [0.15, 0.2) is 0 Å². The standard InChI is InChI=1S/C36H26/c1-2-11-25(12-3-1)28-21-22-35(31-17-7-6-16-29(28)31)36-24-23-34(32-18-8-9-19-33(32)36)30-20-10-14-26-13-4-5-15-27(26)30/h1-2,4-11,13-24H,3,12H2. The molecule has 7 rings (SSSR count). The number of benzene rings is 6. The van der Waals surface area contributed by atoms with Crippen molar-refractivity contribution in [1.82, 2.24) is 0 Å². The van der Waals surface area contributed by atoms with Crippen molar-refractivity contribution in [1.29, 1.82) is 0 Å². The van der Waals surface area contributed by atoms with Crippen molar-refractivity contribution in [2.45, 2.75) is 12.8 Å². The van der Waals surface area contributed by atoms with Gasteiger partial charge < -0.3 is 0 Å². The Morgan fingerprint density at radius 2 is 0.861 bits per heavy atom. The first-order valence-electron chi connectivity index (χ1n) is 12.8. The number of fused-ring (bicyclic) bond motifs is 3. The van der Waals surface area contributed by atoms with Crippen LogP contribution in [0.1, 0.15) is 18.4 Å². The molecule has 0 radical (unpaired) electrons. The maximum Gasteiger partial charge on any atom is -0.00987 e. The first-order chi connectivity index (χ1) is 17.9. The minimum Gasteiger partial charge on any atom is -0.0842 e. The van der Waals surface area contributed by atoms with E-state index < -0.39 is 0 Å². The summed E-state index contributed by atoms with van der Waals surface area (Å²) in [7, 11) is 0. The summed E-state index contributed by atoms with van der Waals surface area (Å²) in [5.41, 5.74) is 7.93. The van der Waals surface area contributed by atoms with E-state index in [1.165, 1.54) is 65.7 Å². The lowest BCUT2D eigenvalue weighted by atomic mass is 9.86. The monoisotopic (exact) mass is 458 g/mol. The van der Waals surface area contributed by atoms with E-state index in [-0.39, 0.29) is 0 Å². The Kier molecular flexibility index (Phi) is 5.03. The highest BCUT2D eigenvalue weighted by Gasteiger charge is 2.15. The number of rotatable bonds is 3. The predicted molar refractivity (Wildman–Crippen MR) is 156 cm³/mol. The van der Waals surface area contributed by atoms with Crippen LogP contribution in [-0.4, -0.2) is 0 Å². The third-order valence-corrected chi connectivity index (χ3v) is 7.58. The molecule has 170 valence electrons. The minimum absolute atomic E-state index is 1.10. The van der Waals surface area contributed by atoms with Gasteiger partial charge in [0.1, 0.15) is 0 Å². The Hall–Kier alpha value is -4.42. The van der Waals surface area contributed by atoms with Crippen molar-refractivity contribution in [2.75, 3.05) is 0 Å². The number of hydrogen-bond acceptors (Lipinski definition) is 0. The highest BCUT2D eigenvalue weighted by Crippen LogP contribution is 2.41. The van der Waals surface area contributed by atoms with Crippen LogP contribution in [0.3, 0.4) is 0 Å². The summed E-state index contributed by atoms with van der Waals surface area (Å²) in [5.74, 6) is 0. The summed E-state index contributed by atoms with van der Waals surface area (Å²) in [6.07, 6.45) is 8.94. The fourth-order valence-electron chi connectivity index (χ4n) is 5.87. The smallest absolute Gasteiger partial charge is 0.00987 e. The molecule has 0 nitrogen and oxygen atoms in total. The molecule has 36 heavy (non-hydrogen) atoms. The van der Waals surface area contributed by atoms with Crippen molar-refractivity contribution < 1.29 is 0 Å². The molecule has 0 saturated carbocycles. The van der Waals surface area contributed by atoms with Gasteiger partial charge in [-0.2, -0.15) is 0 Å². The van der Waals surface area contributed by atoms with Crippen molar-refractivity contribution in [2.24, 2.45) is 0 Å². The Morgan fingerprint density at radius 3 is 1.44 bits per heavy atom. The fraction of sp³-hybridized carbons (Fsp3) is 0.0556. The molecule has 6 aromatic carbocycles. The van der Waals surface area contributed by atoms with Crippen molar-refractivity contribution >= 4 is 37.9 Å². The third-order valence-electron chi connectivity index (χ3n) is 7.58. The van der Waals surface area contributed by atoms with Gasteiger partial charge in [0.25, 0.3) is 0 Å². The van der Waals surface area contributed by atoms with Gasteiger partial charge in [0, 0.05) is 0 Å². The Balaban J connectivity index is 1.47. The SMILES string of the molecule is C1=CCCC(c2ccc(-c3ccc(-c4cccc5ccccc45)c4ccccc34)c3ccccc23)=C1. The largest absolute Gasteiger partial charge is 0.0842 e. The first-order valence-corrected chi connectivity index (χ1v) is 12.8. The average molecular weight is 459 g/mol. The van der Waals surface area contributed by atoms with Gasteiger partial charge in [-0.1, -0.05) is 133 Å². The van der Waals surface area contributed by atoms with Crippen molar-refractivity contribution in [3.63, 3.8) is 0 Å². The van der Waals surface area contributed by atoms with Gasteiger partial charge in [0.05, 0.1) is 0 Å². The maximum absolute atomic E-state index is 2.33. The molecule has 0 N–H and O–H groups in total. The molecule has 0 atom stereocenters. The van der Waals surface area contributed by atoms with Gasteiger partial charge in [-0.05, 0) is 78.5 Å². The van der Waals surface area contributed by atoms with Crippen LogP contribution in [0.15, 0.2) is 133 Å². The topological polar surface area (TPSA) is 0 Å². The summed E-state index contributed by atoms with van der Waals surface area (Å²) >= 11 is 0. The lowest BCUT2D eigenvalue weighted by molar-refractivity contribution is 1.06. The molecule has 0 saturated heterocycles. The van der Waals surface area contributed by atoms with Crippen LogP contribution in [-0.2, 0) is 0 Å². The van der Waals surface area contributed by atoms with E-state index in [1.54, 1.807) is 0 Å². The summed E-state index contributed by atoms with van der Waals surface area (Å²) in [6.45, 7) is 0. The zero-order valence-corrected chi connectivity index (χ0v) is 20.1. The molecule has 1 aliphatic rings. The van der Waals surface area contributed by atoms with Crippen LogP contribution in [0.25, 0.3) is 60.1 Å². The second-order valence-corrected chi connectivity index (χ2v) is 9.60. The molecule has 0 heterocycles. The quantitative estimate of drug-likeness (QED) is 0.247. The lowest BCUT2D eigenvalue weighted by Gasteiger charge is -2.18. The molecule has 6 aromatic rings. The molecule has 0 spiro atoms. The second kappa shape index (κ2) is 8.66. The van der Waals surface area contributed by atoms with E-state index in [0.29, 0.717) is 0 Å². The maximum atomic E-state index is 2.33. The minimum atomic E-state index is 1.10. The van der Waals surface area contributed by atoms with Crippen LogP contribution in [0.5, 0.6) is 0 Å². The van der Waals surface area contributed by atoms with E-state index in [1.807, 2.05) is 0 Å². The van der Waals surface area contributed by atoms with Crippen LogP contribution >= 0.6 is 0 Å². The summed E-state index contributed by atoms with van der Waals surface area (Å²) < 4.78 is 0. The molecule has 0 unspecified atom stereocenters. The van der Waals surface area contributed by atoms with Crippen LogP contribution in [0, 0.1) is 0 Å². The molecule has 0 amide bonds. The normalized spacial score (nSPS) is 13.4. The highest BCUT2D eigenvalue weighted by molar-refractivity contribution is 6.13. The molecule has 0 aliphatic heterocycles. The predicted octanol–water partition coefficient (Wildman–Crippen LogP) is 10.2. The average Bonchev–Trinajstić information content (AvgIpc) is 2.96. The van der Waals surface area contributed by atoms with Gasteiger partial charge >= 0.3 is 0 Å². The number of hydrogen-bond donors (Lipinski definition) is 0. The Morgan fingerprint density at radius 1 is 0.389 bits per heavy atom. The van der Waals surface area contributed by atoms with Crippen LogP contribution < -0.4 is 0 Å². The van der Waals surface area contributed by atoms with Gasteiger partial charge in [-0.15, -0.1) is 0 Å². The summed E-state index contributed by atoms with van der Waals surface area (Å²) in [5, 5.41) is 7.80. The first kappa shape index (κ1) is 20.9. The summed E-state index contributed by atoms with van der Waals surface area (Å²) in [4.78, 5) is 0. The van der Waals surface area contributed by atoms with Gasteiger partial charge in [0.2, 0.25) is 0 Å². The van der Waals surface area contributed by atoms with Crippen LogP contribution in [0.4, 0.5) is 0 Å². The molecular formula is C36H26. The third kappa shape index (κ3) is 3.38. The summed E-state index contributed by atoms with van der Waals surface area (Å²) in [6, 6.07) is 42.3. The zero-order chi connectivity index (χ0) is 23.9. The molecular weight excluding hydrogens is 432 g/mol. The molecule has 0 aromatic heterocycles. The molecule has 1 aliphatic carbocycles. The van der Waals surface area contributed by atoms with Crippen molar-refractivity contribution in [3.8, 4) is 22.3 Å². The Labute approximate surface area is 211 Å². The molecule has 0 fully saturated rings. The van der Waals surface area contributed by atoms with E-state index >= 15 is 0 Å². The number of allylic oxidation sites excluding steroid dienone is 4. The second-order valence-electron chi connectivity index (χ2n) is 9.60.